The van der Waals surface area contributed by atoms with Crippen LogP contribution in [0.5, 0.6) is 11.5 Å². The van der Waals surface area contributed by atoms with E-state index in [-0.39, 0.29) is 18.1 Å². The minimum absolute atomic E-state index is 0.108. The number of rotatable bonds is 4. The van der Waals surface area contributed by atoms with Crippen molar-refractivity contribution in [3.63, 3.8) is 0 Å². The quantitative estimate of drug-likeness (QED) is 0.790. The van der Waals surface area contributed by atoms with E-state index >= 15 is 0 Å². The first kappa shape index (κ1) is 16.9. The Kier molecular flexibility index (Phi) is 5.11. The zero-order valence-corrected chi connectivity index (χ0v) is 14.7. The van der Waals surface area contributed by atoms with E-state index in [9.17, 15) is 9.18 Å². The number of carbonyl (C=O) groups excluding carboxylic acids is 1. The van der Waals surface area contributed by atoms with Crippen LogP contribution in [0, 0.1) is 5.82 Å². The number of amides is 1. The molecule has 0 bridgehead atoms. The topological polar surface area (TPSA) is 59.6 Å². The maximum absolute atomic E-state index is 13.7. The van der Waals surface area contributed by atoms with Crippen LogP contribution in [0.25, 0.3) is 0 Å². The van der Waals surface area contributed by atoms with E-state index in [4.69, 9.17) is 21.1 Å². The summed E-state index contributed by atoms with van der Waals surface area (Å²) >= 11 is 9.30. The van der Waals surface area contributed by atoms with Crippen LogP contribution in [0.4, 0.5) is 15.8 Å². The summed E-state index contributed by atoms with van der Waals surface area (Å²) in [6.45, 7) is 0.785. The van der Waals surface area contributed by atoms with E-state index in [1.807, 2.05) is 0 Å². The summed E-state index contributed by atoms with van der Waals surface area (Å²) in [5, 5.41) is 5.73. The van der Waals surface area contributed by atoms with E-state index in [0.29, 0.717) is 39.9 Å². The lowest BCUT2D eigenvalue weighted by atomic mass is 10.2. The second kappa shape index (κ2) is 7.27. The standard InChI is InChI=1S/C16H13BrClFN2O3/c17-9-1-2-12(11(19)5-9)20-8-16(22)21-13-7-15-14(6-10(13)18)23-3-4-24-15/h1-2,5-7,20H,3-4,8H2,(H,21,22). The summed E-state index contributed by atoms with van der Waals surface area (Å²) in [6.07, 6.45) is 0. The molecular weight excluding hydrogens is 403 g/mol. The van der Waals surface area contributed by atoms with Gasteiger partial charge in [-0.05, 0) is 18.2 Å². The fourth-order valence-corrected chi connectivity index (χ4v) is 2.70. The van der Waals surface area contributed by atoms with Crippen LogP contribution < -0.4 is 20.1 Å². The first-order chi connectivity index (χ1) is 11.5. The second-order valence-corrected chi connectivity index (χ2v) is 6.32. The molecule has 8 heteroatoms. The van der Waals surface area contributed by atoms with Crippen molar-refractivity contribution in [2.45, 2.75) is 0 Å². The highest BCUT2D eigenvalue weighted by Crippen LogP contribution is 2.37. The largest absolute Gasteiger partial charge is 0.486 e. The van der Waals surface area contributed by atoms with E-state index in [0.717, 1.165) is 0 Å². The monoisotopic (exact) mass is 414 g/mol. The predicted molar refractivity (Wildman–Crippen MR) is 93.7 cm³/mol. The molecule has 0 saturated heterocycles. The number of benzene rings is 2. The molecule has 3 rings (SSSR count). The normalized spacial score (nSPS) is 12.6. The van der Waals surface area contributed by atoms with Crippen LogP contribution in [-0.4, -0.2) is 25.7 Å². The van der Waals surface area contributed by atoms with Crippen molar-refractivity contribution < 1.29 is 18.7 Å². The van der Waals surface area contributed by atoms with Gasteiger partial charge in [-0.25, -0.2) is 4.39 Å². The van der Waals surface area contributed by atoms with E-state index in [1.54, 1.807) is 24.3 Å². The summed E-state index contributed by atoms with van der Waals surface area (Å²) in [5.41, 5.74) is 0.644. The van der Waals surface area contributed by atoms with Crippen LogP contribution in [-0.2, 0) is 4.79 Å². The van der Waals surface area contributed by atoms with Crippen molar-refractivity contribution in [1.29, 1.82) is 0 Å². The highest BCUT2D eigenvalue weighted by atomic mass is 79.9. The lowest BCUT2D eigenvalue weighted by molar-refractivity contribution is -0.114. The molecule has 2 aromatic rings. The Hall–Kier alpha value is -1.99. The maximum Gasteiger partial charge on any atom is 0.243 e. The van der Waals surface area contributed by atoms with Gasteiger partial charge in [0, 0.05) is 16.6 Å². The first-order valence-electron chi connectivity index (χ1n) is 7.11. The smallest absolute Gasteiger partial charge is 0.243 e. The molecule has 0 aliphatic carbocycles. The number of anilines is 2. The van der Waals surface area contributed by atoms with Crippen molar-refractivity contribution in [2.75, 3.05) is 30.4 Å². The van der Waals surface area contributed by atoms with E-state index < -0.39 is 5.82 Å². The van der Waals surface area contributed by atoms with Crippen molar-refractivity contribution in [3.05, 3.63) is 45.6 Å². The number of halogens is 3. The Balaban J connectivity index is 1.64. The summed E-state index contributed by atoms with van der Waals surface area (Å²) in [5.74, 6) is 0.248. The Labute approximate surface area is 151 Å². The van der Waals surface area contributed by atoms with Gasteiger partial charge in [0.2, 0.25) is 5.91 Å². The van der Waals surface area contributed by atoms with Gasteiger partial charge in [0.25, 0.3) is 0 Å². The van der Waals surface area contributed by atoms with Crippen LogP contribution in [0.1, 0.15) is 0 Å². The van der Waals surface area contributed by atoms with Gasteiger partial charge in [-0.15, -0.1) is 0 Å². The van der Waals surface area contributed by atoms with Gasteiger partial charge in [0.1, 0.15) is 19.0 Å². The third-order valence-electron chi connectivity index (χ3n) is 3.28. The highest BCUT2D eigenvalue weighted by molar-refractivity contribution is 9.10. The Morgan fingerprint density at radius 3 is 2.58 bits per heavy atom. The first-order valence-corrected chi connectivity index (χ1v) is 8.28. The molecule has 24 heavy (non-hydrogen) atoms. The number of nitrogens with one attached hydrogen (secondary N) is 2. The van der Waals surface area contributed by atoms with Gasteiger partial charge in [0.15, 0.2) is 11.5 Å². The molecule has 5 nitrogen and oxygen atoms in total. The minimum atomic E-state index is -0.450. The van der Waals surface area contributed by atoms with Gasteiger partial charge >= 0.3 is 0 Å². The molecule has 0 atom stereocenters. The molecule has 1 heterocycles. The van der Waals surface area contributed by atoms with E-state index in [1.165, 1.54) is 6.07 Å². The van der Waals surface area contributed by atoms with Gasteiger partial charge in [-0.1, -0.05) is 27.5 Å². The van der Waals surface area contributed by atoms with Crippen molar-refractivity contribution in [1.82, 2.24) is 0 Å². The summed E-state index contributed by atoms with van der Waals surface area (Å²) in [7, 11) is 0. The van der Waals surface area contributed by atoms with Crippen LogP contribution in [0.15, 0.2) is 34.8 Å². The molecule has 1 aliphatic heterocycles. The van der Waals surface area contributed by atoms with Gasteiger partial charge in [-0.2, -0.15) is 0 Å². The van der Waals surface area contributed by atoms with Gasteiger partial charge < -0.3 is 20.1 Å². The lowest BCUT2D eigenvalue weighted by Crippen LogP contribution is -2.22. The number of hydrogen-bond acceptors (Lipinski definition) is 4. The zero-order chi connectivity index (χ0) is 17.1. The van der Waals surface area contributed by atoms with Gasteiger partial charge in [-0.3, -0.25) is 4.79 Å². The molecule has 0 radical (unpaired) electrons. The number of carbonyl (C=O) groups is 1. The van der Waals surface area contributed by atoms with Crippen LogP contribution >= 0.6 is 27.5 Å². The molecule has 2 N–H and O–H groups in total. The molecule has 1 amide bonds. The molecule has 0 fully saturated rings. The fourth-order valence-electron chi connectivity index (χ4n) is 2.16. The molecule has 1 aliphatic rings. The predicted octanol–water partition coefficient (Wildman–Crippen LogP) is 4.06. The highest BCUT2D eigenvalue weighted by Gasteiger charge is 2.16. The van der Waals surface area contributed by atoms with Gasteiger partial charge in [0.05, 0.1) is 22.9 Å². The van der Waals surface area contributed by atoms with E-state index in [2.05, 4.69) is 26.6 Å². The zero-order valence-electron chi connectivity index (χ0n) is 12.4. The molecular formula is C16H13BrClFN2O3. The Bertz CT molecular complexity index is 788. The fraction of sp³-hybridized carbons (Fsp3) is 0.188. The molecule has 126 valence electrons. The van der Waals surface area contributed by atoms with Crippen LogP contribution in [0.3, 0.4) is 0 Å². The lowest BCUT2D eigenvalue weighted by Gasteiger charge is -2.20. The third kappa shape index (κ3) is 3.91. The second-order valence-electron chi connectivity index (χ2n) is 5.00. The minimum Gasteiger partial charge on any atom is -0.486 e. The van der Waals surface area contributed by atoms with Crippen molar-refractivity contribution >= 4 is 44.8 Å². The third-order valence-corrected chi connectivity index (χ3v) is 4.08. The number of hydrogen-bond donors (Lipinski definition) is 2. The average molecular weight is 416 g/mol. The molecule has 0 unspecified atom stereocenters. The molecule has 2 aromatic carbocycles. The summed E-state index contributed by atoms with van der Waals surface area (Å²) in [6, 6.07) is 7.74. The summed E-state index contributed by atoms with van der Waals surface area (Å²) in [4.78, 5) is 12.0. The molecule has 0 aromatic heterocycles. The van der Waals surface area contributed by atoms with Crippen molar-refractivity contribution in [3.8, 4) is 11.5 Å². The molecule has 0 spiro atoms. The van der Waals surface area contributed by atoms with Crippen LogP contribution in [0.2, 0.25) is 5.02 Å². The average Bonchev–Trinajstić information content (AvgIpc) is 2.55. The maximum atomic E-state index is 13.7. The Morgan fingerprint density at radius 2 is 1.88 bits per heavy atom. The number of fused-ring (bicyclic) bond motifs is 1. The SMILES string of the molecule is O=C(CNc1ccc(Br)cc1F)Nc1cc2c(cc1Cl)OCCO2. The number of ether oxygens (including phenoxy) is 2. The molecule has 0 saturated carbocycles. The summed E-state index contributed by atoms with van der Waals surface area (Å²) < 4.78 is 25.2. The van der Waals surface area contributed by atoms with Crippen molar-refractivity contribution in [2.24, 2.45) is 0 Å². The Morgan fingerprint density at radius 1 is 1.17 bits per heavy atom.